The van der Waals surface area contributed by atoms with Gasteiger partial charge in [-0.05, 0) is 103 Å². The first kappa shape index (κ1) is 32.2. The molecule has 0 aromatic heterocycles. The number of halogens is 2. The molecule has 0 atom stereocenters. The predicted molar refractivity (Wildman–Crippen MR) is 168 cm³/mol. The lowest BCUT2D eigenvalue weighted by atomic mass is 10.2. The molecule has 1 amide bonds. The number of carbonyl (C=O) groups excluding carboxylic acids is 2. The van der Waals surface area contributed by atoms with Gasteiger partial charge in [-0.15, -0.1) is 0 Å². The van der Waals surface area contributed by atoms with E-state index in [9.17, 15) is 9.59 Å². The highest BCUT2D eigenvalue weighted by molar-refractivity contribution is 6.30. The average Bonchev–Trinajstić information content (AvgIpc) is 3.03. The molecule has 9 nitrogen and oxygen atoms in total. The molecule has 0 radical (unpaired) electrons. The molecule has 0 aliphatic carbocycles. The number of unbranched alkanes of at least 4 members (excludes halogenated alkanes) is 1. The van der Waals surface area contributed by atoms with Crippen molar-refractivity contribution in [1.29, 1.82) is 0 Å². The Morgan fingerprint density at radius 2 is 1.41 bits per heavy atom. The number of ether oxygens (including phenoxy) is 5. The maximum absolute atomic E-state index is 13.0. The molecule has 0 fully saturated rings. The summed E-state index contributed by atoms with van der Waals surface area (Å²) in [5.74, 6) is 0.688. The summed E-state index contributed by atoms with van der Waals surface area (Å²) in [6, 6.07) is 24.5. The van der Waals surface area contributed by atoms with Gasteiger partial charge in [0.2, 0.25) is 0 Å². The van der Waals surface area contributed by atoms with Gasteiger partial charge in [0.15, 0.2) is 11.5 Å². The first-order valence-corrected chi connectivity index (χ1v) is 14.4. The van der Waals surface area contributed by atoms with Crippen molar-refractivity contribution in [1.82, 2.24) is 5.43 Å². The summed E-state index contributed by atoms with van der Waals surface area (Å²) in [6.45, 7) is 2.70. The maximum Gasteiger partial charge on any atom is 0.343 e. The quantitative estimate of drug-likeness (QED) is 0.0386. The summed E-state index contributed by atoms with van der Waals surface area (Å²) in [4.78, 5) is 25.7. The second kappa shape index (κ2) is 16.2. The number of nitrogens with one attached hydrogen (secondary N) is 1. The SMILES string of the molecule is CCCCOc1ccc(C(=O)Oc2ccc(C=NNC(=O)C(Oc3ccc(Cl)cc3)Oc3ccc(Cl)cc3)cc2OC)cc1. The number of nitrogens with zero attached hydrogens (tertiary/aromatic N) is 1. The molecule has 4 aromatic carbocycles. The molecule has 4 rings (SSSR count). The van der Waals surface area contributed by atoms with Gasteiger partial charge in [-0.25, -0.2) is 10.2 Å². The van der Waals surface area contributed by atoms with Crippen LogP contribution >= 0.6 is 23.2 Å². The third kappa shape index (κ3) is 9.65. The van der Waals surface area contributed by atoms with E-state index < -0.39 is 18.2 Å². The third-order valence-corrected chi connectivity index (χ3v) is 6.47. The van der Waals surface area contributed by atoms with E-state index >= 15 is 0 Å². The van der Waals surface area contributed by atoms with Gasteiger partial charge < -0.3 is 23.7 Å². The second-order valence-electron chi connectivity index (χ2n) is 9.24. The number of hydrogen-bond donors (Lipinski definition) is 1. The van der Waals surface area contributed by atoms with Crippen molar-refractivity contribution >= 4 is 41.3 Å². The van der Waals surface area contributed by atoms with E-state index in [1.54, 1.807) is 91.0 Å². The lowest BCUT2D eigenvalue weighted by molar-refractivity contribution is -0.140. The molecular weight excluding hydrogens is 607 g/mol. The van der Waals surface area contributed by atoms with Crippen LogP contribution in [-0.2, 0) is 4.79 Å². The molecule has 0 heterocycles. The van der Waals surface area contributed by atoms with E-state index in [1.807, 2.05) is 0 Å². The minimum absolute atomic E-state index is 0.217. The Hall–Kier alpha value is -4.73. The highest BCUT2D eigenvalue weighted by atomic mass is 35.5. The molecule has 11 heteroatoms. The summed E-state index contributed by atoms with van der Waals surface area (Å²) in [7, 11) is 1.45. The van der Waals surface area contributed by atoms with Crippen molar-refractivity contribution in [2.75, 3.05) is 13.7 Å². The second-order valence-corrected chi connectivity index (χ2v) is 10.1. The number of benzene rings is 4. The Kier molecular flexibility index (Phi) is 11.9. The maximum atomic E-state index is 13.0. The number of hydrogen-bond acceptors (Lipinski definition) is 8. The van der Waals surface area contributed by atoms with Crippen LogP contribution in [0, 0.1) is 0 Å². The zero-order valence-electron chi connectivity index (χ0n) is 24.0. The molecule has 0 aliphatic rings. The van der Waals surface area contributed by atoms with Crippen LogP contribution in [0.2, 0.25) is 10.0 Å². The van der Waals surface area contributed by atoms with Crippen molar-refractivity contribution in [3.8, 4) is 28.7 Å². The van der Waals surface area contributed by atoms with Gasteiger partial charge in [0.05, 0.1) is 25.5 Å². The van der Waals surface area contributed by atoms with Gasteiger partial charge in [0.1, 0.15) is 17.2 Å². The van der Waals surface area contributed by atoms with Crippen molar-refractivity contribution in [2.24, 2.45) is 5.10 Å². The number of carbonyl (C=O) groups is 2. The van der Waals surface area contributed by atoms with E-state index in [4.69, 9.17) is 46.9 Å². The summed E-state index contributed by atoms with van der Waals surface area (Å²) in [5, 5.41) is 5.05. The van der Waals surface area contributed by atoms with Crippen LogP contribution in [0.25, 0.3) is 0 Å². The Morgan fingerprint density at radius 1 is 0.818 bits per heavy atom. The van der Waals surface area contributed by atoms with Crippen molar-refractivity contribution < 1.29 is 33.3 Å². The summed E-state index contributed by atoms with van der Waals surface area (Å²) in [5.41, 5.74) is 3.33. The fourth-order valence-corrected chi connectivity index (χ4v) is 3.91. The number of rotatable bonds is 14. The van der Waals surface area contributed by atoms with E-state index in [2.05, 4.69) is 17.5 Å². The number of hydrazone groups is 1. The minimum Gasteiger partial charge on any atom is -0.494 e. The Morgan fingerprint density at radius 3 is 1.98 bits per heavy atom. The average molecular weight is 638 g/mol. The molecule has 44 heavy (non-hydrogen) atoms. The number of amides is 1. The Balaban J connectivity index is 1.39. The number of esters is 1. The first-order valence-electron chi connectivity index (χ1n) is 13.6. The van der Waals surface area contributed by atoms with Crippen LogP contribution < -0.4 is 29.1 Å². The van der Waals surface area contributed by atoms with E-state index in [1.165, 1.54) is 13.3 Å². The van der Waals surface area contributed by atoms with Gasteiger partial charge in [-0.1, -0.05) is 36.5 Å². The van der Waals surface area contributed by atoms with E-state index in [0.29, 0.717) is 50.8 Å². The molecule has 0 saturated carbocycles. The molecule has 1 N–H and O–H groups in total. The van der Waals surface area contributed by atoms with Crippen molar-refractivity contribution in [3.05, 3.63) is 112 Å². The molecular formula is C33H30Cl2N2O7. The van der Waals surface area contributed by atoms with E-state index in [-0.39, 0.29) is 5.75 Å². The topological polar surface area (TPSA) is 105 Å². The summed E-state index contributed by atoms with van der Waals surface area (Å²) in [6.07, 6.45) is 1.99. The molecule has 0 unspecified atom stereocenters. The largest absolute Gasteiger partial charge is 0.494 e. The Labute approximate surface area is 265 Å². The molecule has 0 aliphatic heterocycles. The van der Waals surface area contributed by atoms with Gasteiger partial charge in [-0.3, -0.25) is 4.79 Å². The van der Waals surface area contributed by atoms with Crippen LogP contribution in [0.4, 0.5) is 0 Å². The van der Waals surface area contributed by atoms with Crippen LogP contribution in [0.5, 0.6) is 28.7 Å². The van der Waals surface area contributed by atoms with Crippen LogP contribution in [0.3, 0.4) is 0 Å². The van der Waals surface area contributed by atoms with Gasteiger partial charge >= 0.3 is 18.2 Å². The first-order chi connectivity index (χ1) is 21.3. The van der Waals surface area contributed by atoms with Crippen molar-refractivity contribution in [3.63, 3.8) is 0 Å². The highest BCUT2D eigenvalue weighted by Gasteiger charge is 2.23. The minimum atomic E-state index is -1.39. The number of methoxy groups -OCH3 is 1. The van der Waals surface area contributed by atoms with Gasteiger partial charge in [0, 0.05) is 10.0 Å². The molecule has 4 aromatic rings. The van der Waals surface area contributed by atoms with E-state index in [0.717, 1.165) is 12.8 Å². The summed E-state index contributed by atoms with van der Waals surface area (Å²) < 4.78 is 28.1. The molecule has 0 saturated heterocycles. The van der Waals surface area contributed by atoms with Crippen molar-refractivity contribution in [2.45, 2.75) is 26.1 Å². The lowest BCUT2D eigenvalue weighted by Crippen LogP contribution is -2.40. The fraction of sp³-hybridized carbons (Fsp3) is 0.182. The van der Waals surface area contributed by atoms with Gasteiger partial charge in [0.25, 0.3) is 0 Å². The molecule has 228 valence electrons. The lowest BCUT2D eigenvalue weighted by Gasteiger charge is -2.19. The smallest absolute Gasteiger partial charge is 0.343 e. The van der Waals surface area contributed by atoms with Crippen LogP contribution in [-0.4, -0.2) is 38.1 Å². The zero-order valence-corrected chi connectivity index (χ0v) is 25.5. The van der Waals surface area contributed by atoms with Gasteiger partial charge in [-0.2, -0.15) is 5.10 Å². The fourth-order valence-electron chi connectivity index (χ4n) is 3.66. The van der Waals surface area contributed by atoms with Crippen LogP contribution in [0.15, 0.2) is 96.1 Å². The summed E-state index contributed by atoms with van der Waals surface area (Å²) >= 11 is 11.9. The zero-order chi connectivity index (χ0) is 31.3. The molecule has 0 spiro atoms. The monoisotopic (exact) mass is 636 g/mol. The predicted octanol–water partition coefficient (Wildman–Crippen LogP) is 7.33. The molecule has 0 bridgehead atoms. The third-order valence-electron chi connectivity index (χ3n) is 5.96. The highest BCUT2D eigenvalue weighted by Crippen LogP contribution is 2.29. The standard InChI is InChI=1S/C33H30Cl2N2O7/c1-3-4-19-41-26-12-6-23(7-13-26)32(39)44-29-18-5-22(20-30(29)40-2)21-36-37-31(38)33(42-27-14-8-24(34)9-15-27)43-28-16-10-25(35)11-17-28/h5-18,20-21,33H,3-4,19H2,1-2H3,(H,37,38). The normalized spacial score (nSPS) is 10.8. The van der Waals surface area contributed by atoms with Crippen LogP contribution in [0.1, 0.15) is 35.7 Å². The Bertz CT molecular complexity index is 1510.